The van der Waals surface area contributed by atoms with Crippen LogP contribution in [-0.2, 0) is 6.54 Å². The van der Waals surface area contributed by atoms with Crippen LogP contribution in [0, 0.1) is 0 Å². The molecule has 4 heterocycles. The van der Waals surface area contributed by atoms with Crippen molar-refractivity contribution in [3.05, 3.63) is 65.0 Å². The van der Waals surface area contributed by atoms with Crippen LogP contribution in [0.25, 0.3) is 16.6 Å². The summed E-state index contributed by atoms with van der Waals surface area (Å²) >= 11 is 0. The number of para-hydroxylation sites is 1. The second-order valence-electron chi connectivity index (χ2n) is 6.94. The van der Waals surface area contributed by atoms with E-state index in [-0.39, 0.29) is 24.8 Å². The summed E-state index contributed by atoms with van der Waals surface area (Å²) in [6, 6.07) is 11.2. The van der Waals surface area contributed by atoms with E-state index in [1.165, 1.54) is 0 Å². The zero-order chi connectivity index (χ0) is 19.1. The number of hydrogen-bond donors (Lipinski definition) is 1. The van der Waals surface area contributed by atoms with Gasteiger partial charge in [-0.25, -0.2) is 14.5 Å². The largest absolute Gasteiger partial charge is 0.395 e. The fourth-order valence-corrected chi connectivity index (χ4v) is 4.02. The van der Waals surface area contributed by atoms with Crippen LogP contribution >= 0.6 is 0 Å². The Bertz CT molecular complexity index is 1210. The lowest BCUT2D eigenvalue weighted by Gasteiger charge is -2.27. The molecule has 1 fully saturated rings. The van der Waals surface area contributed by atoms with Crippen molar-refractivity contribution in [1.29, 1.82) is 0 Å². The molecule has 1 unspecified atom stereocenters. The smallest absolute Gasteiger partial charge is 0.261 e. The van der Waals surface area contributed by atoms with E-state index in [2.05, 4.69) is 15.0 Å². The maximum absolute atomic E-state index is 13.0. The van der Waals surface area contributed by atoms with Gasteiger partial charge in [-0.1, -0.05) is 12.1 Å². The van der Waals surface area contributed by atoms with E-state index in [0.717, 1.165) is 30.9 Å². The van der Waals surface area contributed by atoms with Crippen LogP contribution in [0.15, 0.2) is 53.6 Å². The van der Waals surface area contributed by atoms with Crippen molar-refractivity contribution in [3.8, 4) is 0 Å². The zero-order valence-electron chi connectivity index (χ0n) is 15.3. The second-order valence-corrected chi connectivity index (χ2v) is 6.94. The molecule has 1 aromatic carbocycles. The summed E-state index contributed by atoms with van der Waals surface area (Å²) < 4.78 is 3.36. The molecule has 8 nitrogen and oxygen atoms in total. The maximum Gasteiger partial charge on any atom is 0.261 e. The van der Waals surface area contributed by atoms with Crippen molar-refractivity contribution in [1.82, 2.24) is 24.1 Å². The molecule has 4 aromatic rings. The molecule has 142 valence electrons. The van der Waals surface area contributed by atoms with Crippen LogP contribution < -0.4 is 10.5 Å². The summed E-state index contributed by atoms with van der Waals surface area (Å²) in [6.07, 6.45) is 5.40. The third kappa shape index (κ3) is 2.65. The van der Waals surface area contributed by atoms with Gasteiger partial charge in [0.1, 0.15) is 11.6 Å². The lowest BCUT2D eigenvalue weighted by atomic mass is 10.1. The summed E-state index contributed by atoms with van der Waals surface area (Å²) in [7, 11) is 0. The Hall–Kier alpha value is -3.26. The van der Waals surface area contributed by atoms with Crippen LogP contribution in [0.1, 0.15) is 24.7 Å². The van der Waals surface area contributed by atoms with Gasteiger partial charge in [-0.05, 0) is 37.1 Å². The number of nitrogens with zero attached hydrogens (tertiary/aromatic N) is 6. The highest BCUT2D eigenvalue weighted by atomic mass is 16.3. The Balaban J connectivity index is 1.65. The van der Waals surface area contributed by atoms with Gasteiger partial charge in [-0.15, -0.1) is 5.10 Å². The molecule has 0 amide bonds. The topological polar surface area (TPSA) is 88.5 Å². The van der Waals surface area contributed by atoms with E-state index in [9.17, 15) is 9.90 Å². The van der Waals surface area contributed by atoms with Crippen LogP contribution in [0.4, 0.5) is 5.82 Å². The van der Waals surface area contributed by atoms with Gasteiger partial charge in [-0.3, -0.25) is 9.36 Å². The average Bonchev–Trinajstić information content (AvgIpc) is 3.38. The van der Waals surface area contributed by atoms with Gasteiger partial charge in [0.25, 0.3) is 5.56 Å². The molecule has 1 atom stereocenters. The number of benzene rings is 1. The minimum absolute atomic E-state index is 0.0719. The Morgan fingerprint density at radius 1 is 1.18 bits per heavy atom. The lowest BCUT2D eigenvalue weighted by molar-refractivity contribution is 0.270. The number of aliphatic hydroxyl groups excluding tert-OH is 1. The molecule has 1 saturated heterocycles. The summed E-state index contributed by atoms with van der Waals surface area (Å²) in [5.41, 5.74) is 1.36. The molecule has 28 heavy (non-hydrogen) atoms. The first-order valence-corrected chi connectivity index (χ1v) is 9.43. The van der Waals surface area contributed by atoms with Crippen molar-refractivity contribution in [2.45, 2.75) is 25.4 Å². The summed E-state index contributed by atoms with van der Waals surface area (Å²) in [5, 5.41) is 14.8. The fraction of sp³-hybridized carbons (Fsp3) is 0.300. The molecule has 0 radical (unpaired) electrons. The summed E-state index contributed by atoms with van der Waals surface area (Å²) in [6.45, 7) is 0.947. The zero-order valence-corrected chi connectivity index (χ0v) is 15.3. The van der Waals surface area contributed by atoms with Gasteiger partial charge in [0.15, 0.2) is 5.65 Å². The standard InChI is InChI=1S/C20H20N6O2/c27-13-12-25-19(22-15-5-2-1-4-14(15)20(25)28)16-6-3-10-24(16)18-8-7-17-21-9-11-26(17)23-18/h1-2,4-5,7-9,11,16,27H,3,6,10,12-13H2. The van der Waals surface area contributed by atoms with Crippen molar-refractivity contribution in [3.63, 3.8) is 0 Å². The third-order valence-electron chi connectivity index (χ3n) is 5.30. The van der Waals surface area contributed by atoms with Crippen LogP contribution in [0.3, 0.4) is 0 Å². The van der Waals surface area contributed by atoms with Gasteiger partial charge in [-0.2, -0.15) is 0 Å². The summed E-state index contributed by atoms with van der Waals surface area (Å²) in [4.78, 5) is 24.3. The van der Waals surface area contributed by atoms with E-state index >= 15 is 0 Å². The number of hydrogen-bond acceptors (Lipinski definition) is 6. The first-order chi connectivity index (χ1) is 13.8. The molecular formula is C20H20N6O2. The maximum atomic E-state index is 13.0. The second kappa shape index (κ2) is 6.72. The van der Waals surface area contributed by atoms with Crippen molar-refractivity contribution < 1.29 is 5.11 Å². The number of rotatable bonds is 4. The molecule has 8 heteroatoms. The Morgan fingerprint density at radius 3 is 2.96 bits per heavy atom. The van der Waals surface area contributed by atoms with Gasteiger partial charge >= 0.3 is 0 Å². The number of imidazole rings is 1. The number of anilines is 1. The van der Waals surface area contributed by atoms with E-state index < -0.39 is 0 Å². The van der Waals surface area contributed by atoms with Crippen molar-refractivity contribution >= 4 is 22.4 Å². The quantitative estimate of drug-likeness (QED) is 0.584. The number of aliphatic hydroxyl groups is 1. The lowest BCUT2D eigenvalue weighted by Crippen LogP contribution is -2.33. The van der Waals surface area contributed by atoms with Gasteiger partial charge in [0, 0.05) is 18.9 Å². The molecular weight excluding hydrogens is 356 g/mol. The van der Waals surface area contributed by atoms with Crippen LogP contribution in [0.5, 0.6) is 0 Å². The van der Waals surface area contributed by atoms with Gasteiger partial charge in [0.2, 0.25) is 0 Å². The molecule has 1 aliphatic rings. The first kappa shape index (κ1) is 16.9. The van der Waals surface area contributed by atoms with E-state index in [4.69, 9.17) is 4.98 Å². The highest BCUT2D eigenvalue weighted by Crippen LogP contribution is 2.34. The predicted molar refractivity (Wildman–Crippen MR) is 105 cm³/mol. The fourth-order valence-electron chi connectivity index (χ4n) is 4.02. The third-order valence-corrected chi connectivity index (χ3v) is 5.30. The predicted octanol–water partition coefficient (Wildman–Crippen LogP) is 1.77. The molecule has 0 spiro atoms. The monoisotopic (exact) mass is 376 g/mol. The van der Waals surface area contributed by atoms with Crippen LogP contribution in [-0.4, -0.2) is 42.4 Å². The normalized spacial score (nSPS) is 17.0. The minimum atomic E-state index is -0.112. The molecule has 1 aliphatic heterocycles. The first-order valence-electron chi connectivity index (χ1n) is 9.43. The SMILES string of the molecule is O=c1c2ccccc2nc(C2CCCN2c2ccc3nccn3n2)n1CCO. The Morgan fingerprint density at radius 2 is 2.07 bits per heavy atom. The van der Waals surface area contributed by atoms with Gasteiger partial charge in [0.05, 0.1) is 30.1 Å². The minimum Gasteiger partial charge on any atom is -0.395 e. The number of aromatic nitrogens is 5. The molecule has 1 N–H and O–H groups in total. The van der Waals surface area contributed by atoms with E-state index in [1.54, 1.807) is 21.3 Å². The average molecular weight is 376 g/mol. The van der Waals surface area contributed by atoms with Crippen molar-refractivity contribution in [2.24, 2.45) is 0 Å². The molecule has 3 aromatic heterocycles. The Labute approximate surface area is 160 Å². The molecule has 0 aliphatic carbocycles. The molecule has 5 rings (SSSR count). The van der Waals surface area contributed by atoms with Crippen LogP contribution in [0.2, 0.25) is 0 Å². The van der Waals surface area contributed by atoms with Gasteiger partial charge < -0.3 is 10.0 Å². The van der Waals surface area contributed by atoms with E-state index in [0.29, 0.717) is 16.7 Å². The Kier molecular flexibility index (Phi) is 4.05. The summed E-state index contributed by atoms with van der Waals surface area (Å²) in [5.74, 6) is 1.51. The number of fused-ring (bicyclic) bond motifs is 2. The molecule has 0 saturated carbocycles. The van der Waals surface area contributed by atoms with E-state index in [1.807, 2.05) is 36.5 Å². The highest BCUT2D eigenvalue weighted by Gasteiger charge is 2.31. The molecule has 0 bridgehead atoms. The highest BCUT2D eigenvalue weighted by molar-refractivity contribution is 5.77. The van der Waals surface area contributed by atoms with Crippen molar-refractivity contribution in [2.75, 3.05) is 18.1 Å².